The number of fused-ring (bicyclic) bond motifs is 1. The summed E-state index contributed by atoms with van der Waals surface area (Å²) in [6, 6.07) is 8.96. The number of sulfonamides is 1. The minimum atomic E-state index is -3.57. The standard InChI is InChI=1S/C16H20ClIN2O2S/c17-14-7-5-6-13-12(14)8-9-15(18)16(13)23(21,22)20-11-4-2-1-3-10-19/h5-9,20H,1-4,10-11,19H2. The van der Waals surface area contributed by atoms with E-state index in [0.29, 0.717) is 32.0 Å². The molecule has 0 heterocycles. The average molecular weight is 467 g/mol. The number of hydrogen-bond donors (Lipinski definition) is 2. The van der Waals surface area contributed by atoms with Crippen molar-refractivity contribution in [2.45, 2.75) is 30.6 Å². The fraction of sp³-hybridized carbons (Fsp3) is 0.375. The number of nitrogens with one attached hydrogen (secondary N) is 1. The molecule has 3 N–H and O–H groups in total. The molecule has 0 saturated carbocycles. The van der Waals surface area contributed by atoms with Gasteiger partial charge in [-0.2, -0.15) is 0 Å². The molecule has 2 aromatic rings. The Bertz CT molecular complexity index is 781. The Morgan fingerprint density at radius 1 is 1.04 bits per heavy atom. The van der Waals surface area contributed by atoms with Crippen molar-refractivity contribution in [1.82, 2.24) is 4.72 Å². The summed E-state index contributed by atoms with van der Waals surface area (Å²) in [5.41, 5.74) is 5.45. The maximum absolute atomic E-state index is 12.7. The summed E-state index contributed by atoms with van der Waals surface area (Å²) in [6.45, 7) is 1.11. The first-order valence-electron chi connectivity index (χ1n) is 7.54. The molecule has 2 aromatic carbocycles. The second-order valence-electron chi connectivity index (χ2n) is 5.31. The van der Waals surface area contributed by atoms with Crippen LogP contribution in [0.15, 0.2) is 35.2 Å². The van der Waals surface area contributed by atoms with Gasteiger partial charge in [-0.3, -0.25) is 0 Å². The van der Waals surface area contributed by atoms with Gasteiger partial charge >= 0.3 is 0 Å². The van der Waals surface area contributed by atoms with Gasteiger partial charge in [0.2, 0.25) is 10.0 Å². The normalized spacial score (nSPS) is 12.0. The maximum atomic E-state index is 12.7. The zero-order valence-electron chi connectivity index (χ0n) is 12.7. The minimum Gasteiger partial charge on any atom is -0.330 e. The molecule has 0 bridgehead atoms. The van der Waals surface area contributed by atoms with Crippen LogP contribution >= 0.6 is 34.2 Å². The highest BCUT2D eigenvalue weighted by atomic mass is 127. The summed E-state index contributed by atoms with van der Waals surface area (Å²) in [7, 11) is -3.57. The van der Waals surface area contributed by atoms with E-state index in [0.717, 1.165) is 31.1 Å². The fourth-order valence-corrected chi connectivity index (χ4v) is 5.37. The average Bonchev–Trinajstić information content (AvgIpc) is 2.50. The monoisotopic (exact) mass is 466 g/mol. The van der Waals surface area contributed by atoms with E-state index in [-0.39, 0.29) is 0 Å². The molecule has 0 aromatic heterocycles. The lowest BCUT2D eigenvalue weighted by atomic mass is 10.1. The third-order valence-corrected chi connectivity index (χ3v) is 6.76. The quantitative estimate of drug-likeness (QED) is 0.458. The van der Waals surface area contributed by atoms with Crippen LogP contribution in [-0.4, -0.2) is 21.5 Å². The predicted molar refractivity (Wildman–Crippen MR) is 104 cm³/mol. The van der Waals surface area contributed by atoms with E-state index in [1.807, 2.05) is 28.7 Å². The molecule has 0 atom stereocenters. The van der Waals surface area contributed by atoms with Gasteiger partial charge in [0, 0.05) is 25.9 Å². The van der Waals surface area contributed by atoms with Gasteiger partial charge in [-0.25, -0.2) is 13.1 Å². The van der Waals surface area contributed by atoms with Crippen LogP contribution in [0.25, 0.3) is 10.8 Å². The van der Waals surface area contributed by atoms with Crippen molar-refractivity contribution < 1.29 is 8.42 Å². The van der Waals surface area contributed by atoms with Crippen molar-refractivity contribution >= 4 is 55.0 Å². The lowest BCUT2D eigenvalue weighted by molar-refractivity contribution is 0.572. The van der Waals surface area contributed by atoms with Gasteiger partial charge < -0.3 is 5.73 Å². The molecule has 0 spiro atoms. The van der Waals surface area contributed by atoms with Gasteiger partial charge in [-0.15, -0.1) is 0 Å². The molecule has 0 radical (unpaired) electrons. The lowest BCUT2D eigenvalue weighted by Gasteiger charge is -2.12. The van der Waals surface area contributed by atoms with E-state index in [1.54, 1.807) is 24.3 Å². The summed E-state index contributed by atoms with van der Waals surface area (Å²) in [6.07, 6.45) is 3.78. The summed E-state index contributed by atoms with van der Waals surface area (Å²) in [5.74, 6) is 0. The molecule has 0 aliphatic rings. The largest absolute Gasteiger partial charge is 0.330 e. The molecule has 4 nitrogen and oxygen atoms in total. The van der Waals surface area contributed by atoms with E-state index in [1.165, 1.54) is 0 Å². The van der Waals surface area contributed by atoms with E-state index in [9.17, 15) is 8.42 Å². The second kappa shape index (κ2) is 8.62. The number of hydrogen-bond acceptors (Lipinski definition) is 3. The number of halogens is 2. The van der Waals surface area contributed by atoms with E-state index >= 15 is 0 Å². The van der Waals surface area contributed by atoms with E-state index in [4.69, 9.17) is 17.3 Å². The zero-order valence-corrected chi connectivity index (χ0v) is 16.4. The molecule has 0 fully saturated rings. The minimum absolute atomic E-state index is 0.306. The predicted octanol–water partition coefficient (Wildman–Crippen LogP) is 3.90. The van der Waals surface area contributed by atoms with Crippen LogP contribution in [0.2, 0.25) is 5.02 Å². The van der Waals surface area contributed by atoms with Crippen LogP contribution in [0, 0.1) is 3.57 Å². The summed E-state index contributed by atoms with van der Waals surface area (Å²) in [5, 5.41) is 1.95. The topological polar surface area (TPSA) is 72.2 Å². The van der Waals surface area contributed by atoms with Crippen molar-refractivity contribution in [3.05, 3.63) is 38.9 Å². The van der Waals surface area contributed by atoms with Crippen LogP contribution in [0.4, 0.5) is 0 Å². The third-order valence-electron chi connectivity index (χ3n) is 3.60. The number of nitrogens with two attached hydrogens (primary N) is 1. The first-order chi connectivity index (χ1) is 11.0. The molecule has 126 valence electrons. The van der Waals surface area contributed by atoms with E-state index in [2.05, 4.69) is 4.72 Å². The fourth-order valence-electron chi connectivity index (χ4n) is 2.44. The number of benzene rings is 2. The molecule has 0 saturated heterocycles. The Labute approximate surface area is 156 Å². The van der Waals surface area contributed by atoms with Crippen molar-refractivity contribution in [1.29, 1.82) is 0 Å². The molecule has 23 heavy (non-hydrogen) atoms. The van der Waals surface area contributed by atoms with Crippen LogP contribution < -0.4 is 10.5 Å². The van der Waals surface area contributed by atoms with Crippen LogP contribution in [0.1, 0.15) is 25.7 Å². The lowest BCUT2D eigenvalue weighted by Crippen LogP contribution is -2.25. The summed E-state index contributed by atoms with van der Waals surface area (Å²) >= 11 is 8.23. The molecular weight excluding hydrogens is 447 g/mol. The highest BCUT2D eigenvalue weighted by Crippen LogP contribution is 2.31. The molecule has 0 amide bonds. The number of rotatable bonds is 8. The van der Waals surface area contributed by atoms with Crippen LogP contribution in [-0.2, 0) is 10.0 Å². The summed E-state index contributed by atoms with van der Waals surface area (Å²) in [4.78, 5) is 0.306. The Kier molecular flexibility index (Phi) is 7.09. The first-order valence-corrected chi connectivity index (χ1v) is 10.5. The Morgan fingerprint density at radius 3 is 2.52 bits per heavy atom. The SMILES string of the molecule is NCCCCCCNS(=O)(=O)c1c(I)ccc2c(Cl)cccc12. The van der Waals surface area contributed by atoms with Gasteiger partial charge in [0.25, 0.3) is 0 Å². The van der Waals surface area contributed by atoms with Gasteiger partial charge in [0.15, 0.2) is 0 Å². The molecule has 0 aliphatic carbocycles. The smallest absolute Gasteiger partial charge is 0.242 e. The van der Waals surface area contributed by atoms with Gasteiger partial charge in [0.05, 0.1) is 0 Å². The first kappa shape index (κ1) is 18.9. The van der Waals surface area contributed by atoms with Crippen molar-refractivity contribution in [3.8, 4) is 0 Å². The maximum Gasteiger partial charge on any atom is 0.242 e. The van der Waals surface area contributed by atoms with Gasteiger partial charge in [-0.1, -0.05) is 42.6 Å². The second-order valence-corrected chi connectivity index (χ2v) is 8.59. The highest BCUT2D eigenvalue weighted by molar-refractivity contribution is 14.1. The Balaban J connectivity index is 2.21. The van der Waals surface area contributed by atoms with Gasteiger partial charge in [0.1, 0.15) is 4.90 Å². The summed E-state index contributed by atoms with van der Waals surface area (Å²) < 4.78 is 28.8. The van der Waals surface area contributed by atoms with Gasteiger partial charge in [-0.05, 0) is 54.1 Å². The Morgan fingerprint density at radius 2 is 1.78 bits per heavy atom. The van der Waals surface area contributed by atoms with Crippen molar-refractivity contribution in [2.75, 3.05) is 13.1 Å². The van der Waals surface area contributed by atoms with Crippen LogP contribution in [0.5, 0.6) is 0 Å². The van der Waals surface area contributed by atoms with Crippen molar-refractivity contribution in [3.63, 3.8) is 0 Å². The molecule has 7 heteroatoms. The molecule has 2 rings (SSSR count). The zero-order chi connectivity index (χ0) is 16.9. The van der Waals surface area contributed by atoms with Crippen LogP contribution in [0.3, 0.4) is 0 Å². The molecule has 0 unspecified atom stereocenters. The van der Waals surface area contributed by atoms with Crippen molar-refractivity contribution in [2.24, 2.45) is 5.73 Å². The molecule has 0 aliphatic heterocycles. The number of unbranched alkanes of at least 4 members (excludes halogenated alkanes) is 3. The molecular formula is C16H20ClIN2O2S. The highest BCUT2D eigenvalue weighted by Gasteiger charge is 2.21. The third kappa shape index (κ3) is 4.79. The Hall–Kier alpha value is -0.410. The van der Waals surface area contributed by atoms with E-state index < -0.39 is 10.0 Å².